The Kier molecular flexibility index (Phi) is 4.50. The maximum Gasteiger partial charge on any atom is 0.269 e. The molecule has 2 N–H and O–H groups in total. The van der Waals surface area contributed by atoms with Gasteiger partial charge in [-0.25, -0.2) is 4.98 Å². The van der Waals surface area contributed by atoms with Crippen LogP contribution < -0.4 is 29.6 Å². The molecule has 0 radical (unpaired) electrons. The monoisotopic (exact) mass is 421 g/mol. The average molecular weight is 421 g/mol. The number of aromatic nitrogens is 1. The van der Waals surface area contributed by atoms with Crippen LogP contribution in [0, 0.1) is 0 Å². The van der Waals surface area contributed by atoms with Gasteiger partial charge in [-0.1, -0.05) is 6.07 Å². The van der Waals surface area contributed by atoms with Crippen molar-refractivity contribution in [2.75, 3.05) is 27.7 Å². The number of carbonyl (C=O) groups is 2. The molecule has 0 aliphatic carbocycles. The zero-order chi connectivity index (χ0) is 21.5. The molecular weight excluding hydrogens is 402 g/mol. The van der Waals surface area contributed by atoms with Gasteiger partial charge in [0.25, 0.3) is 5.91 Å². The third-order valence-corrected chi connectivity index (χ3v) is 5.31. The first-order valence-corrected chi connectivity index (χ1v) is 9.68. The summed E-state index contributed by atoms with van der Waals surface area (Å²) in [5, 5.41) is 5.90. The standard InChI is InChI=1S/C22H19N3O6/c1-23-17(26)8-12-18(11-3-5-14-16(7-11)30-9-28-14)19-13(25-20(12)22(27)24-2)4-6-15-21(19)31-10-29-15/h3-7H,8-10H2,1-2H3,(H,23,26)(H,24,27). The molecule has 0 atom stereocenters. The molecule has 2 amide bonds. The van der Waals surface area contributed by atoms with Crippen molar-refractivity contribution < 1.29 is 28.5 Å². The lowest BCUT2D eigenvalue weighted by Gasteiger charge is -2.18. The summed E-state index contributed by atoms with van der Waals surface area (Å²) in [4.78, 5) is 29.7. The molecule has 0 fully saturated rings. The first-order valence-electron chi connectivity index (χ1n) is 9.68. The first-order chi connectivity index (χ1) is 15.1. The number of fused-ring (bicyclic) bond motifs is 4. The highest BCUT2D eigenvalue weighted by Gasteiger charge is 2.28. The van der Waals surface area contributed by atoms with Gasteiger partial charge in [0.2, 0.25) is 19.5 Å². The minimum Gasteiger partial charge on any atom is -0.454 e. The number of amides is 2. The maximum atomic E-state index is 12.7. The fourth-order valence-corrected chi connectivity index (χ4v) is 3.85. The highest BCUT2D eigenvalue weighted by molar-refractivity contribution is 6.08. The Morgan fingerprint density at radius 1 is 0.935 bits per heavy atom. The highest BCUT2D eigenvalue weighted by Crippen LogP contribution is 2.47. The van der Waals surface area contributed by atoms with E-state index in [1.165, 1.54) is 7.05 Å². The van der Waals surface area contributed by atoms with Crippen molar-refractivity contribution in [2.45, 2.75) is 6.42 Å². The van der Waals surface area contributed by atoms with Gasteiger partial charge < -0.3 is 29.6 Å². The summed E-state index contributed by atoms with van der Waals surface area (Å²) >= 11 is 0. The molecule has 2 aliphatic heterocycles. The van der Waals surface area contributed by atoms with Crippen molar-refractivity contribution in [2.24, 2.45) is 0 Å². The molecule has 3 aromatic rings. The van der Waals surface area contributed by atoms with Crippen LogP contribution in [0.3, 0.4) is 0 Å². The van der Waals surface area contributed by atoms with Gasteiger partial charge in [-0.2, -0.15) is 0 Å². The van der Waals surface area contributed by atoms with Gasteiger partial charge in [0.05, 0.1) is 17.3 Å². The van der Waals surface area contributed by atoms with Crippen molar-refractivity contribution in [3.8, 4) is 34.1 Å². The van der Waals surface area contributed by atoms with E-state index in [-0.39, 0.29) is 37.5 Å². The normalized spacial score (nSPS) is 13.4. The summed E-state index contributed by atoms with van der Waals surface area (Å²) in [6.07, 6.45) is -0.0451. The van der Waals surface area contributed by atoms with E-state index >= 15 is 0 Å². The second kappa shape index (κ2) is 7.35. The van der Waals surface area contributed by atoms with Crippen LogP contribution in [-0.4, -0.2) is 44.5 Å². The summed E-state index contributed by atoms with van der Waals surface area (Å²) in [7, 11) is 3.07. The van der Waals surface area contributed by atoms with E-state index in [0.29, 0.717) is 45.0 Å². The van der Waals surface area contributed by atoms with Crippen molar-refractivity contribution in [3.05, 3.63) is 41.6 Å². The molecule has 1 aromatic heterocycles. The number of benzene rings is 2. The predicted octanol–water partition coefficient (Wildman–Crippen LogP) is 2.01. The van der Waals surface area contributed by atoms with Crippen molar-refractivity contribution in [1.82, 2.24) is 15.6 Å². The predicted molar refractivity (Wildman–Crippen MR) is 111 cm³/mol. The highest BCUT2D eigenvalue weighted by atomic mass is 16.7. The van der Waals surface area contributed by atoms with E-state index in [4.69, 9.17) is 18.9 Å². The molecule has 0 bridgehead atoms. The van der Waals surface area contributed by atoms with E-state index in [9.17, 15) is 9.59 Å². The third-order valence-electron chi connectivity index (χ3n) is 5.31. The second-order valence-corrected chi connectivity index (χ2v) is 7.00. The van der Waals surface area contributed by atoms with Gasteiger partial charge in [0.1, 0.15) is 5.69 Å². The Hall–Kier alpha value is -4.01. The van der Waals surface area contributed by atoms with Gasteiger partial charge in [-0.05, 0) is 29.8 Å². The fraction of sp³-hybridized carbons (Fsp3) is 0.227. The first kappa shape index (κ1) is 19.0. The van der Waals surface area contributed by atoms with E-state index in [1.807, 2.05) is 12.1 Å². The van der Waals surface area contributed by atoms with Crippen LogP contribution in [0.1, 0.15) is 16.1 Å². The SMILES string of the molecule is CNC(=O)Cc1c(C(=O)NC)nc2ccc3c(c2c1-c1ccc2c(c1)OCO2)OCO3. The Balaban J connectivity index is 1.88. The minimum absolute atomic E-state index is 0.0451. The van der Waals surface area contributed by atoms with Crippen LogP contribution in [0.15, 0.2) is 30.3 Å². The minimum atomic E-state index is -0.388. The lowest BCUT2D eigenvalue weighted by Crippen LogP contribution is -2.26. The largest absolute Gasteiger partial charge is 0.454 e. The van der Waals surface area contributed by atoms with Crippen LogP contribution in [0.25, 0.3) is 22.0 Å². The van der Waals surface area contributed by atoms with Crippen LogP contribution in [0.2, 0.25) is 0 Å². The van der Waals surface area contributed by atoms with E-state index in [2.05, 4.69) is 15.6 Å². The molecule has 158 valence electrons. The Morgan fingerprint density at radius 3 is 2.48 bits per heavy atom. The van der Waals surface area contributed by atoms with E-state index in [1.54, 1.807) is 25.2 Å². The van der Waals surface area contributed by atoms with Crippen molar-refractivity contribution in [1.29, 1.82) is 0 Å². The van der Waals surface area contributed by atoms with Gasteiger partial charge in [-0.3, -0.25) is 9.59 Å². The molecule has 2 aromatic carbocycles. The van der Waals surface area contributed by atoms with Crippen molar-refractivity contribution in [3.63, 3.8) is 0 Å². The number of hydrogen-bond donors (Lipinski definition) is 2. The van der Waals surface area contributed by atoms with E-state index in [0.717, 1.165) is 5.56 Å². The molecule has 31 heavy (non-hydrogen) atoms. The smallest absolute Gasteiger partial charge is 0.269 e. The number of ether oxygens (including phenoxy) is 4. The van der Waals surface area contributed by atoms with E-state index < -0.39 is 0 Å². The average Bonchev–Trinajstić information content (AvgIpc) is 3.46. The molecular formula is C22H19N3O6. The van der Waals surface area contributed by atoms with Crippen LogP contribution in [0.5, 0.6) is 23.0 Å². The molecule has 0 saturated heterocycles. The second-order valence-electron chi connectivity index (χ2n) is 7.00. The quantitative estimate of drug-likeness (QED) is 0.663. The Labute approximate surface area is 177 Å². The topological polar surface area (TPSA) is 108 Å². The molecule has 3 heterocycles. The molecule has 0 spiro atoms. The Morgan fingerprint density at radius 2 is 1.68 bits per heavy atom. The molecule has 9 nitrogen and oxygen atoms in total. The summed E-state index contributed by atoms with van der Waals surface area (Å²) in [6.45, 7) is 0.216. The van der Waals surface area contributed by atoms with Crippen LogP contribution in [0.4, 0.5) is 0 Å². The lowest BCUT2D eigenvalue weighted by molar-refractivity contribution is -0.119. The fourth-order valence-electron chi connectivity index (χ4n) is 3.85. The Bertz CT molecular complexity index is 1240. The van der Waals surface area contributed by atoms with Gasteiger partial charge in [-0.15, -0.1) is 0 Å². The molecule has 9 heteroatoms. The lowest BCUT2D eigenvalue weighted by atomic mass is 9.91. The zero-order valence-corrected chi connectivity index (χ0v) is 16.9. The number of rotatable bonds is 4. The maximum absolute atomic E-state index is 12.7. The van der Waals surface area contributed by atoms with Crippen LogP contribution in [-0.2, 0) is 11.2 Å². The van der Waals surface area contributed by atoms with Gasteiger partial charge in [0, 0.05) is 25.2 Å². The number of carbonyl (C=O) groups excluding carboxylic acids is 2. The number of nitrogens with zero attached hydrogens (tertiary/aromatic N) is 1. The zero-order valence-electron chi connectivity index (χ0n) is 16.9. The molecule has 0 unspecified atom stereocenters. The summed E-state index contributed by atoms with van der Waals surface area (Å²) in [5.74, 6) is 1.68. The summed E-state index contributed by atoms with van der Waals surface area (Å²) in [5.41, 5.74) is 2.60. The number of nitrogens with one attached hydrogen (secondary N) is 2. The third kappa shape index (κ3) is 3.05. The van der Waals surface area contributed by atoms with Gasteiger partial charge >= 0.3 is 0 Å². The summed E-state index contributed by atoms with van der Waals surface area (Å²) in [6, 6.07) is 9.02. The van der Waals surface area contributed by atoms with Crippen molar-refractivity contribution >= 4 is 22.7 Å². The number of pyridine rings is 1. The number of hydrogen-bond acceptors (Lipinski definition) is 7. The molecule has 5 rings (SSSR count). The molecule has 2 aliphatic rings. The molecule has 0 saturated carbocycles. The number of likely N-dealkylation sites (N-methyl/N-ethyl adjacent to an activating group) is 1. The summed E-state index contributed by atoms with van der Waals surface area (Å²) < 4.78 is 22.3. The van der Waals surface area contributed by atoms with Crippen LogP contribution >= 0.6 is 0 Å². The van der Waals surface area contributed by atoms with Gasteiger partial charge in [0.15, 0.2) is 23.0 Å².